The van der Waals surface area contributed by atoms with Crippen molar-refractivity contribution in [1.29, 1.82) is 0 Å². The van der Waals surface area contributed by atoms with Gasteiger partial charge >= 0.3 is 12.2 Å². The molecule has 44 heavy (non-hydrogen) atoms. The van der Waals surface area contributed by atoms with Gasteiger partial charge in [-0.15, -0.1) is 0 Å². The van der Waals surface area contributed by atoms with Gasteiger partial charge in [-0.1, -0.05) is 51.4 Å². The lowest BCUT2D eigenvalue weighted by atomic mass is 9.66. The number of hydrogen-bond acceptors (Lipinski definition) is 9. The van der Waals surface area contributed by atoms with E-state index in [4.69, 9.17) is 26.9 Å². The monoisotopic (exact) mass is 636 g/mol. The Morgan fingerprint density at radius 2 is 1.77 bits per heavy atom. The zero-order valence-electron chi connectivity index (χ0n) is 26.5. The number of aliphatic hydroxyl groups is 1. The zero-order valence-corrected chi connectivity index (χ0v) is 27.3. The van der Waals surface area contributed by atoms with Crippen molar-refractivity contribution in [3.05, 3.63) is 47.0 Å². The third-order valence-corrected chi connectivity index (χ3v) is 7.79. The highest BCUT2D eigenvalue weighted by Crippen LogP contribution is 2.46. The van der Waals surface area contributed by atoms with Crippen molar-refractivity contribution >= 4 is 41.3 Å². The molecular weight excluding hydrogens is 592 g/mol. The number of nitrogens with one attached hydrogen (secondary N) is 1. The number of likely N-dealkylation sites (tertiary alicyclic amines) is 1. The molecule has 244 valence electrons. The van der Waals surface area contributed by atoms with Crippen molar-refractivity contribution in [3.8, 4) is 0 Å². The minimum absolute atomic E-state index is 0.135. The zero-order chi connectivity index (χ0) is 33.5. The first kappa shape index (κ1) is 36.7. The molecule has 0 aliphatic carbocycles. The fraction of sp³-hybridized carbons (Fsp3) is 0.581. The van der Waals surface area contributed by atoms with Gasteiger partial charge in [-0.05, 0) is 63.0 Å². The number of benzene rings is 1. The predicted octanol–water partition coefficient (Wildman–Crippen LogP) is 3.73. The van der Waals surface area contributed by atoms with E-state index in [0.717, 1.165) is 22.7 Å². The van der Waals surface area contributed by atoms with E-state index in [9.17, 15) is 29.1 Å². The smallest absolute Gasteiger partial charge is 0.434 e. The number of ketones is 2. The molecule has 13 heteroatoms. The van der Waals surface area contributed by atoms with Gasteiger partial charge in [-0.3, -0.25) is 19.4 Å². The number of piperidine rings is 1. The van der Waals surface area contributed by atoms with Crippen molar-refractivity contribution in [2.75, 3.05) is 26.2 Å². The van der Waals surface area contributed by atoms with Crippen molar-refractivity contribution in [2.24, 2.45) is 17.2 Å². The summed E-state index contributed by atoms with van der Waals surface area (Å²) < 4.78 is 10.2. The van der Waals surface area contributed by atoms with Gasteiger partial charge in [0, 0.05) is 29.9 Å². The average Bonchev–Trinajstić information content (AvgIpc) is 2.91. The van der Waals surface area contributed by atoms with Crippen LogP contribution in [0.1, 0.15) is 66.9 Å². The second-order valence-corrected chi connectivity index (χ2v) is 13.1. The van der Waals surface area contributed by atoms with Gasteiger partial charge in [0.25, 0.3) is 0 Å². The number of hydrazine groups is 1. The fourth-order valence-electron chi connectivity index (χ4n) is 5.00. The van der Waals surface area contributed by atoms with Crippen LogP contribution in [0.3, 0.4) is 0 Å². The molecule has 1 aliphatic heterocycles. The molecule has 2 rings (SSSR count). The van der Waals surface area contributed by atoms with Crippen LogP contribution in [-0.4, -0.2) is 82.6 Å². The largest absolute Gasteiger partial charge is 0.508 e. The van der Waals surface area contributed by atoms with Crippen LogP contribution >= 0.6 is 11.6 Å². The van der Waals surface area contributed by atoms with Gasteiger partial charge in [-0.2, -0.15) is 0 Å². The molecule has 0 aromatic heterocycles. The van der Waals surface area contributed by atoms with E-state index >= 15 is 0 Å². The molecule has 0 radical (unpaired) electrons. The van der Waals surface area contributed by atoms with Gasteiger partial charge in [0.15, 0.2) is 11.6 Å². The Hall–Kier alpha value is -3.48. The summed E-state index contributed by atoms with van der Waals surface area (Å²) in [6, 6.07) is 5.36. The maximum Gasteiger partial charge on any atom is 0.508 e. The standard InChI is InChI=1S/C31H45ClN4O8/c1-20(2)25(26(39)35-16-15-31(42,29(4,5)18-35)22-9-11-23(32)12-10-22)34-27(40)36(33)19-30(6,7)44-28(41)43-17-14-24(38)13-8-21(3)37/h8-13,20,25,42H,14-19,33H2,1-7H3,(H,34,40)/b13-8+/t25-,31+/m1/s1. The molecule has 0 saturated carbocycles. The number of ether oxygens (including phenoxy) is 2. The summed E-state index contributed by atoms with van der Waals surface area (Å²) in [6.07, 6.45) is 1.32. The highest BCUT2D eigenvalue weighted by molar-refractivity contribution is 6.30. The molecular formula is C31H45ClN4O8. The summed E-state index contributed by atoms with van der Waals surface area (Å²) in [6.45, 7) is 11.7. The number of halogens is 1. The number of allylic oxidation sites excluding steroid dienone is 2. The van der Waals surface area contributed by atoms with E-state index in [-0.39, 0.29) is 50.3 Å². The van der Waals surface area contributed by atoms with Crippen LogP contribution in [0.2, 0.25) is 5.02 Å². The molecule has 0 unspecified atom stereocenters. The van der Waals surface area contributed by atoms with Gasteiger partial charge in [0.2, 0.25) is 5.91 Å². The third-order valence-electron chi connectivity index (χ3n) is 7.54. The minimum Gasteiger partial charge on any atom is -0.434 e. The van der Waals surface area contributed by atoms with E-state index < -0.39 is 40.6 Å². The number of carbonyl (C=O) groups is 5. The normalized spacial score (nSPS) is 18.9. The third kappa shape index (κ3) is 10.0. The maximum atomic E-state index is 13.7. The molecule has 0 spiro atoms. The molecule has 1 aliphatic rings. The van der Waals surface area contributed by atoms with E-state index in [2.05, 4.69) is 5.32 Å². The number of urea groups is 1. The summed E-state index contributed by atoms with van der Waals surface area (Å²) in [5.41, 5.74) is -2.46. The number of rotatable bonds is 12. The first-order chi connectivity index (χ1) is 20.3. The Labute approximate surface area is 263 Å². The molecule has 12 nitrogen and oxygen atoms in total. The maximum absolute atomic E-state index is 13.7. The summed E-state index contributed by atoms with van der Waals surface area (Å²) in [7, 11) is 0. The number of carbonyl (C=O) groups excluding carboxylic acids is 5. The molecule has 3 amide bonds. The fourth-order valence-corrected chi connectivity index (χ4v) is 5.12. The van der Waals surface area contributed by atoms with Crippen LogP contribution in [0.25, 0.3) is 0 Å². The van der Waals surface area contributed by atoms with Crippen LogP contribution in [0.4, 0.5) is 9.59 Å². The van der Waals surface area contributed by atoms with E-state index in [1.54, 1.807) is 43.0 Å². The van der Waals surface area contributed by atoms with E-state index in [1.807, 2.05) is 13.8 Å². The summed E-state index contributed by atoms with van der Waals surface area (Å²) in [5.74, 6) is 4.74. The summed E-state index contributed by atoms with van der Waals surface area (Å²) >= 11 is 6.03. The van der Waals surface area contributed by atoms with E-state index in [0.29, 0.717) is 11.4 Å². The lowest BCUT2D eigenvalue weighted by Gasteiger charge is -2.51. The Morgan fingerprint density at radius 1 is 1.16 bits per heavy atom. The van der Waals surface area contributed by atoms with Crippen molar-refractivity contribution in [1.82, 2.24) is 15.2 Å². The van der Waals surface area contributed by atoms with Gasteiger partial charge in [0.1, 0.15) is 18.2 Å². The van der Waals surface area contributed by atoms with E-state index in [1.165, 1.54) is 20.8 Å². The van der Waals surface area contributed by atoms with Crippen LogP contribution in [0.15, 0.2) is 36.4 Å². The van der Waals surface area contributed by atoms with Crippen LogP contribution in [0.5, 0.6) is 0 Å². The average molecular weight is 637 g/mol. The predicted molar refractivity (Wildman–Crippen MR) is 164 cm³/mol. The first-order valence-corrected chi connectivity index (χ1v) is 14.8. The number of hydrogen-bond donors (Lipinski definition) is 3. The molecule has 0 bridgehead atoms. The van der Waals surface area contributed by atoms with Crippen molar-refractivity contribution < 1.29 is 38.6 Å². The molecule has 4 N–H and O–H groups in total. The Morgan fingerprint density at radius 3 is 2.32 bits per heavy atom. The van der Waals surface area contributed by atoms with Crippen LogP contribution < -0.4 is 11.2 Å². The Bertz CT molecular complexity index is 1250. The van der Waals surface area contributed by atoms with Gasteiger partial charge in [-0.25, -0.2) is 15.4 Å². The Kier molecular flexibility index (Phi) is 12.5. The minimum atomic E-state index is -1.28. The molecule has 2 atom stereocenters. The number of nitrogens with zero attached hydrogens (tertiary/aromatic N) is 2. The first-order valence-electron chi connectivity index (χ1n) is 14.5. The number of nitrogens with two attached hydrogens (primary N) is 1. The molecule has 1 heterocycles. The molecule has 1 aromatic rings. The lowest BCUT2D eigenvalue weighted by Crippen LogP contribution is -2.62. The molecule has 1 aromatic carbocycles. The van der Waals surface area contributed by atoms with Crippen molar-refractivity contribution in [3.63, 3.8) is 0 Å². The number of amides is 3. The highest BCUT2D eigenvalue weighted by atomic mass is 35.5. The lowest BCUT2D eigenvalue weighted by molar-refractivity contribution is -0.155. The Balaban J connectivity index is 1.97. The highest BCUT2D eigenvalue weighted by Gasteiger charge is 2.50. The van der Waals surface area contributed by atoms with Crippen LogP contribution in [0, 0.1) is 11.3 Å². The van der Waals surface area contributed by atoms with Crippen molar-refractivity contribution in [2.45, 2.75) is 78.6 Å². The summed E-state index contributed by atoms with van der Waals surface area (Å²) in [5, 5.41) is 15.7. The topological polar surface area (TPSA) is 169 Å². The second kappa shape index (κ2) is 15.0. The van der Waals surface area contributed by atoms with Gasteiger partial charge < -0.3 is 24.8 Å². The second-order valence-electron chi connectivity index (χ2n) is 12.7. The quantitative estimate of drug-likeness (QED) is 0.102. The molecule has 1 saturated heterocycles. The molecule has 1 fully saturated rings. The SMILES string of the molecule is CC(=O)/C=C/C(=O)CCOC(=O)OC(C)(C)CN(N)C(=O)N[C@@H](C(=O)N1CC[C@](O)(c2ccc(Cl)cc2)C(C)(C)C1)C(C)C. The van der Waals surface area contributed by atoms with Crippen LogP contribution in [-0.2, 0) is 29.5 Å². The van der Waals surface area contributed by atoms with Gasteiger partial charge in [0.05, 0.1) is 12.1 Å². The summed E-state index contributed by atoms with van der Waals surface area (Å²) in [4.78, 5) is 63.0.